The molecule has 9 heteroatoms. The molecule has 0 radical (unpaired) electrons. The summed E-state index contributed by atoms with van der Waals surface area (Å²) < 4.78 is 41.4. The molecule has 1 aliphatic heterocycles. The van der Waals surface area contributed by atoms with Gasteiger partial charge in [-0.15, -0.1) is 0 Å². The topological polar surface area (TPSA) is 70.1 Å². The number of likely N-dealkylation sites (tertiary alicyclic amines) is 1. The molecule has 0 saturated carbocycles. The maximum Gasteiger partial charge on any atom is 0.406 e. The fourth-order valence-corrected chi connectivity index (χ4v) is 1.80. The third-order valence-corrected chi connectivity index (χ3v) is 2.61. The van der Waals surface area contributed by atoms with Crippen LogP contribution >= 0.6 is 0 Å². The van der Waals surface area contributed by atoms with Gasteiger partial charge >= 0.3 is 18.2 Å². The smallest absolute Gasteiger partial charge is 0.406 e. The molecule has 0 spiro atoms. The normalized spacial score (nSPS) is 17.8. The Morgan fingerprint density at radius 2 is 1.95 bits per heavy atom. The van der Waals surface area contributed by atoms with Crippen LogP contribution in [0.3, 0.4) is 0 Å². The number of hydrogen-bond acceptors (Lipinski definition) is 3. The van der Waals surface area contributed by atoms with Crippen molar-refractivity contribution in [3.8, 4) is 0 Å². The highest BCUT2D eigenvalue weighted by Crippen LogP contribution is 2.26. The summed E-state index contributed by atoms with van der Waals surface area (Å²) in [6.45, 7) is -0.0853. The molecule has 0 unspecified atom stereocenters. The van der Waals surface area contributed by atoms with Crippen LogP contribution in [0.1, 0.15) is 6.92 Å². The van der Waals surface area contributed by atoms with E-state index in [0.29, 0.717) is 4.90 Å². The summed E-state index contributed by atoms with van der Waals surface area (Å²) in [6, 6.07) is -0.756. The van der Waals surface area contributed by atoms with Gasteiger partial charge in [-0.1, -0.05) is 0 Å². The summed E-state index contributed by atoms with van der Waals surface area (Å²) in [5, 5.41) is 8.45. The van der Waals surface area contributed by atoms with Crippen LogP contribution in [0.15, 0.2) is 0 Å². The molecule has 0 aromatic heterocycles. The molecule has 0 atom stereocenters. The van der Waals surface area contributed by atoms with Gasteiger partial charge in [0.1, 0.15) is 18.8 Å². The summed E-state index contributed by atoms with van der Waals surface area (Å²) in [6.07, 6.45) is -4.45. The molecule has 0 aromatic rings. The van der Waals surface area contributed by atoms with Crippen molar-refractivity contribution in [2.75, 3.05) is 33.3 Å². The van der Waals surface area contributed by atoms with Gasteiger partial charge < -0.3 is 19.6 Å². The Balaban J connectivity index is 2.41. The van der Waals surface area contributed by atoms with Crippen LogP contribution in [-0.2, 0) is 9.53 Å². The standard InChI is InChI=1S/C10H15F3N2O4/c1-9(19-3-7(16)17)4-15(5-9)8(18)14(2)6-10(11,12)13/h3-6H2,1-2H3,(H,16,17). The van der Waals surface area contributed by atoms with Crippen molar-refractivity contribution in [3.05, 3.63) is 0 Å². The second-order valence-corrected chi connectivity index (χ2v) is 4.74. The number of rotatable bonds is 4. The van der Waals surface area contributed by atoms with Gasteiger partial charge in [0.15, 0.2) is 0 Å². The lowest BCUT2D eigenvalue weighted by molar-refractivity contribution is -0.162. The van der Waals surface area contributed by atoms with Crippen molar-refractivity contribution >= 4 is 12.0 Å². The predicted molar refractivity (Wildman–Crippen MR) is 57.6 cm³/mol. The Hall–Kier alpha value is -1.51. The number of amides is 2. The number of hydrogen-bond donors (Lipinski definition) is 1. The summed E-state index contributed by atoms with van der Waals surface area (Å²) in [5.74, 6) is -1.14. The Morgan fingerprint density at radius 3 is 2.37 bits per heavy atom. The number of aliphatic carboxylic acids is 1. The molecular weight excluding hydrogens is 269 g/mol. The molecule has 1 aliphatic rings. The van der Waals surface area contributed by atoms with E-state index in [2.05, 4.69) is 0 Å². The molecule has 1 heterocycles. The predicted octanol–water partition coefficient (Wildman–Crippen LogP) is 0.776. The van der Waals surface area contributed by atoms with E-state index in [4.69, 9.17) is 9.84 Å². The molecule has 1 rings (SSSR count). The number of carboxylic acids is 1. The zero-order valence-corrected chi connectivity index (χ0v) is 10.5. The Labute approximate surface area is 107 Å². The summed E-state index contributed by atoms with van der Waals surface area (Å²) in [5.41, 5.74) is -0.812. The molecule has 2 amide bonds. The average Bonchev–Trinajstić information content (AvgIpc) is 2.19. The van der Waals surface area contributed by atoms with Gasteiger partial charge in [0.05, 0.1) is 13.1 Å². The molecule has 6 nitrogen and oxygen atoms in total. The first-order valence-electron chi connectivity index (χ1n) is 5.45. The van der Waals surface area contributed by atoms with E-state index in [-0.39, 0.29) is 13.1 Å². The van der Waals surface area contributed by atoms with Gasteiger partial charge in [0.2, 0.25) is 0 Å². The van der Waals surface area contributed by atoms with Crippen molar-refractivity contribution in [3.63, 3.8) is 0 Å². The second-order valence-electron chi connectivity index (χ2n) is 4.74. The highest BCUT2D eigenvalue weighted by molar-refractivity contribution is 5.75. The molecule has 1 fully saturated rings. The van der Waals surface area contributed by atoms with Crippen LogP contribution in [0.25, 0.3) is 0 Å². The third-order valence-electron chi connectivity index (χ3n) is 2.61. The van der Waals surface area contributed by atoms with E-state index in [1.54, 1.807) is 6.92 Å². The van der Waals surface area contributed by atoms with Gasteiger partial charge in [-0.05, 0) is 6.92 Å². The Bertz CT molecular complexity index is 366. The van der Waals surface area contributed by atoms with E-state index in [1.165, 1.54) is 4.90 Å². The molecule has 0 aliphatic carbocycles. The zero-order chi connectivity index (χ0) is 14.8. The van der Waals surface area contributed by atoms with E-state index >= 15 is 0 Å². The monoisotopic (exact) mass is 284 g/mol. The minimum absolute atomic E-state index is 0.0707. The first kappa shape index (κ1) is 15.5. The fraction of sp³-hybridized carbons (Fsp3) is 0.800. The largest absolute Gasteiger partial charge is 0.480 e. The van der Waals surface area contributed by atoms with Gasteiger partial charge in [-0.3, -0.25) is 0 Å². The lowest BCUT2D eigenvalue weighted by Crippen LogP contribution is -2.65. The summed E-state index contributed by atoms with van der Waals surface area (Å²) in [7, 11) is 1.06. The first-order chi connectivity index (χ1) is 8.52. The number of carboxylic acid groups (broad SMARTS) is 1. The van der Waals surface area contributed by atoms with Gasteiger partial charge in [-0.25, -0.2) is 9.59 Å². The van der Waals surface area contributed by atoms with Crippen molar-refractivity contribution in [2.24, 2.45) is 0 Å². The molecule has 1 saturated heterocycles. The minimum Gasteiger partial charge on any atom is -0.480 e. The van der Waals surface area contributed by atoms with E-state index in [9.17, 15) is 22.8 Å². The highest BCUT2D eigenvalue weighted by Gasteiger charge is 2.44. The Morgan fingerprint density at radius 1 is 1.42 bits per heavy atom. The summed E-state index contributed by atoms with van der Waals surface area (Å²) >= 11 is 0. The average molecular weight is 284 g/mol. The van der Waals surface area contributed by atoms with Gasteiger partial charge in [-0.2, -0.15) is 13.2 Å². The molecule has 0 bridgehead atoms. The van der Waals surface area contributed by atoms with Crippen molar-refractivity contribution in [1.82, 2.24) is 9.80 Å². The Kier molecular flexibility index (Phi) is 4.28. The lowest BCUT2D eigenvalue weighted by Gasteiger charge is -2.48. The van der Waals surface area contributed by atoms with Gasteiger partial charge in [0, 0.05) is 7.05 Å². The number of halogens is 3. The summed E-state index contributed by atoms with van der Waals surface area (Å²) in [4.78, 5) is 23.7. The van der Waals surface area contributed by atoms with Crippen LogP contribution < -0.4 is 0 Å². The maximum atomic E-state index is 12.1. The second kappa shape index (κ2) is 5.24. The molecular formula is C10H15F3N2O4. The van der Waals surface area contributed by atoms with Crippen LogP contribution in [0, 0.1) is 0 Å². The number of nitrogens with zero attached hydrogens (tertiary/aromatic N) is 2. The van der Waals surface area contributed by atoms with Crippen LogP contribution in [0.4, 0.5) is 18.0 Å². The maximum absolute atomic E-state index is 12.1. The third kappa shape index (κ3) is 4.58. The first-order valence-corrected chi connectivity index (χ1v) is 5.45. The number of urea groups is 1. The van der Waals surface area contributed by atoms with E-state index < -0.39 is 36.9 Å². The number of alkyl halides is 3. The van der Waals surface area contributed by atoms with E-state index in [1.807, 2.05) is 0 Å². The SMILES string of the molecule is CN(CC(F)(F)F)C(=O)N1CC(C)(OCC(=O)O)C1. The molecule has 1 N–H and O–H groups in total. The van der Waals surface area contributed by atoms with Crippen molar-refractivity contribution < 1.29 is 32.6 Å². The van der Waals surface area contributed by atoms with Crippen LogP contribution in [-0.4, -0.2) is 72.0 Å². The number of ether oxygens (including phenoxy) is 1. The zero-order valence-electron chi connectivity index (χ0n) is 10.5. The lowest BCUT2D eigenvalue weighted by atomic mass is 9.97. The van der Waals surface area contributed by atoms with Crippen molar-refractivity contribution in [2.45, 2.75) is 18.7 Å². The van der Waals surface area contributed by atoms with E-state index in [0.717, 1.165) is 7.05 Å². The number of carbonyl (C=O) groups excluding carboxylic acids is 1. The number of carbonyl (C=O) groups is 2. The van der Waals surface area contributed by atoms with Crippen molar-refractivity contribution in [1.29, 1.82) is 0 Å². The van der Waals surface area contributed by atoms with Crippen LogP contribution in [0.2, 0.25) is 0 Å². The highest BCUT2D eigenvalue weighted by atomic mass is 19.4. The minimum atomic E-state index is -4.45. The quantitative estimate of drug-likeness (QED) is 0.828. The van der Waals surface area contributed by atoms with Gasteiger partial charge in [0.25, 0.3) is 0 Å². The van der Waals surface area contributed by atoms with Crippen LogP contribution in [0.5, 0.6) is 0 Å². The molecule has 19 heavy (non-hydrogen) atoms. The molecule has 110 valence electrons. The fourth-order valence-electron chi connectivity index (χ4n) is 1.80. The molecule has 0 aromatic carbocycles.